The Balaban J connectivity index is 1.45. The number of hydrogen-bond donors (Lipinski definition) is 1. The lowest BCUT2D eigenvalue weighted by atomic mass is 10.1. The quantitative estimate of drug-likeness (QED) is 0.416. The van der Waals surface area contributed by atoms with E-state index >= 15 is 0 Å². The van der Waals surface area contributed by atoms with E-state index in [0.717, 1.165) is 33.5 Å². The van der Waals surface area contributed by atoms with Crippen LogP contribution in [0.15, 0.2) is 54.9 Å². The summed E-state index contributed by atoms with van der Waals surface area (Å²) in [6, 6.07) is 13.2. The fourth-order valence-corrected chi connectivity index (χ4v) is 3.65. The molecule has 0 saturated carbocycles. The monoisotopic (exact) mass is 443 g/mol. The van der Waals surface area contributed by atoms with Crippen molar-refractivity contribution < 1.29 is 4.74 Å². The third-order valence-corrected chi connectivity index (χ3v) is 5.40. The molecule has 1 aromatic carbocycles. The molecule has 0 saturated heterocycles. The molecule has 0 fully saturated rings. The third-order valence-electron chi connectivity index (χ3n) is 5.07. The van der Waals surface area contributed by atoms with Gasteiger partial charge in [0.2, 0.25) is 0 Å². The molecular weight excluding hydrogens is 426 g/mol. The molecule has 4 aromatic heterocycles. The van der Waals surface area contributed by atoms with E-state index < -0.39 is 0 Å². The number of nitrogens with zero attached hydrogens (tertiary/aromatic N) is 6. The smallest absolute Gasteiger partial charge is 0.178 e. The topological polar surface area (TPSA) is 90.1 Å². The maximum absolute atomic E-state index is 6.33. The van der Waals surface area contributed by atoms with Gasteiger partial charge >= 0.3 is 0 Å². The SMILES string of the molecule is [CH2][CH]c1ccc(-c2ccc3nnc(CNc4ccnc5cc(OC)cnc45)n3n2)cc1Cl. The average Bonchev–Trinajstić information content (AvgIpc) is 3.24. The minimum absolute atomic E-state index is 0.403. The molecule has 8 nitrogen and oxygen atoms in total. The number of ether oxygens (including phenoxy) is 1. The summed E-state index contributed by atoms with van der Waals surface area (Å²) in [4.78, 5) is 8.83. The second-order valence-electron chi connectivity index (χ2n) is 7.00. The second-order valence-corrected chi connectivity index (χ2v) is 7.41. The molecule has 5 rings (SSSR count). The lowest BCUT2D eigenvalue weighted by molar-refractivity contribution is 0.413. The van der Waals surface area contributed by atoms with E-state index in [4.69, 9.17) is 21.4 Å². The van der Waals surface area contributed by atoms with E-state index in [-0.39, 0.29) is 0 Å². The van der Waals surface area contributed by atoms with Gasteiger partial charge in [-0.2, -0.15) is 9.61 Å². The van der Waals surface area contributed by atoms with Crippen molar-refractivity contribution in [3.63, 3.8) is 0 Å². The first-order valence-corrected chi connectivity index (χ1v) is 10.2. The van der Waals surface area contributed by atoms with Gasteiger partial charge in [-0.1, -0.05) is 23.7 Å². The predicted molar refractivity (Wildman–Crippen MR) is 123 cm³/mol. The number of pyridine rings is 2. The highest BCUT2D eigenvalue weighted by atomic mass is 35.5. The second kappa shape index (κ2) is 8.39. The van der Waals surface area contributed by atoms with Crippen LogP contribution in [0, 0.1) is 13.3 Å². The third kappa shape index (κ3) is 3.69. The lowest BCUT2D eigenvalue weighted by Gasteiger charge is -2.09. The summed E-state index contributed by atoms with van der Waals surface area (Å²) in [5.74, 6) is 1.32. The molecule has 0 aliphatic heterocycles. The molecule has 0 aliphatic rings. The highest BCUT2D eigenvalue weighted by Gasteiger charge is 2.11. The maximum atomic E-state index is 6.33. The van der Waals surface area contributed by atoms with Gasteiger partial charge in [-0.25, -0.2) is 4.98 Å². The van der Waals surface area contributed by atoms with Crippen LogP contribution in [0.4, 0.5) is 5.69 Å². The van der Waals surface area contributed by atoms with Crippen LogP contribution < -0.4 is 10.1 Å². The Labute approximate surface area is 189 Å². The average molecular weight is 444 g/mol. The highest BCUT2D eigenvalue weighted by Crippen LogP contribution is 2.26. The zero-order valence-electron chi connectivity index (χ0n) is 17.2. The van der Waals surface area contributed by atoms with Crippen LogP contribution >= 0.6 is 11.6 Å². The zero-order chi connectivity index (χ0) is 22.1. The fourth-order valence-electron chi connectivity index (χ4n) is 3.39. The van der Waals surface area contributed by atoms with E-state index in [2.05, 4.69) is 32.4 Å². The predicted octanol–water partition coefficient (Wildman–Crippen LogP) is 4.40. The molecule has 0 bridgehead atoms. The van der Waals surface area contributed by atoms with Crippen LogP contribution in [0.5, 0.6) is 5.75 Å². The van der Waals surface area contributed by atoms with E-state index in [1.165, 1.54) is 0 Å². The van der Waals surface area contributed by atoms with Crippen molar-refractivity contribution in [1.82, 2.24) is 29.8 Å². The normalized spacial score (nSPS) is 11.2. The molecule has 5 aromatic rings. The van der Waals surface area contributed by atoms with Gasteiger partial charge in [-0.15, -0.1) is 10.2 Å². The Morgan fingerprint density at radius 2 is 2.03 bits per heavy atom. The van der Waals surface area contributed by atoms with Crippen molar-refractivity contribution >= 4 is 34.0 Å². The van der Waals surface area contributed by atoms with Crippen molar-refractivity contribution in [3.8, 4) is 17.0 Å². The first kappa shape index (κ1) is 20.1. The molecule has 2 radical (unpaired) electrons. The molecule has 0 amide bonds. The molecular formula is C23H18ClN7O. The van der Waals surface area contributed by atoms with Crippen LogP contribution in [0.1, 0.15) is 11.4 Å². The first-order valence-electron chi connectivity index (χ1n) is 9.82. The van der Waals surface area contributed by atoms with E-state index in [1.54, 1.807) is 30.4 Å². The van der Waals surface area contributed by atoms with Gasteiger partial charge in [-0.3, -0.25) is 4.98 Å². The molecule has 4 heterocycles. The Hall–Kier alpha value is -3.78. The standard InChI is InChI=1S/C23H18ClN7O/c1-3-14-4-5-15(10-17(14)24)18-6-7-21-28-29-22(31(21)30-18)13-26-19-8-9-25-20-11-16(32-2)12-27-23(19)20/h3-12H,1,13H2,2H3,(H,25,26). The molecule has 1 N–H and O–H groups in total. The molecule has 0 atom stereocenters. The zero-order valence-corrected chi connectivity index (χ0v) is 17.9. The summed E-state index contributed by atoms with van der Waals surface area (Å²) in [5, 5.41) is 17.2. The molecule has 9 heteroatoms. The summed E-state index contributed by atoms with van der Waals surface area (Å²) in [6.45, 7) is 4.17. The number of rotatable bonds is 6. The van der Waals surface area contributed by atoms with Gasteiger partial charge in [0.25, 0.3) is 0 Å². The first-order chi connectivity index (χ1) is 15.7. The Kier molecular flexibility index (Phi) is 5.28. The number of halogens is 1. The van der Waals surface area contributed by atoms with Gasteiger partial charge < -0.3 is 10.1 Å². The summed E-state index contributed by atoms with van der Waals surface area (Å²) in [7, 11) is 1.60. The van der Waals surface area contributed by atoms with Crippen LogP contribution in [-0.2, 0) is 6.54 Å². The van der Waals surface area contributed by atoms with E-state index in [9.17, 15) is 0 Å². The van der Waals surface area contributed by atoms with Crippen LogP contribution in [0.25, 0.3) is 27.9 Å². The molecule has 0 aliphatic carbocycles. The van der Waals surface area contributed by atoms with Crippen molar-refractivity contribution in [2.24, 2.45) is 0 Å². The number of fused-ring (bicyclic) bond motifs is 2. The Morgan fingerprint density at radius 1 is 1.12 bits per heavy atom. The van der Waals surface area contributed by atoms with Crippen LogP contribution in [0.2, 0.25) is 5.02 Å². The van der Waals surface area contributed by atoms with Crippen molar-refractivity contribution in [3.05, 3.63) is 84.6 Å². The lowest BCUT2D eigenvalue weighted by Crippen LogP contribution is -2.07. The van der Waals surface area contributed by atoms with Crippen molar-refractivity contribution in [2.75, 3.05) is 12.4 Å². The molecule has 0 unspecified atom stereocenters. The highest BCUT2D eigenvalue weighted by molar-refractivity contribution is 6.31. The number of benzene rings is 1. The summed E-state index contributed by atoms with van der Waals surface area (Å²) in [6.07, 6.45) is 5.11. The molecule has 158 valence electrons. The van der Waals surface area contributed by atoms with E-state index in [1.807, 2.05) is 42.5 Å². The van der Waals surface area contributed by atoms with E-state index in [0.29, 0.717) is 28.8 Å². The largest absolute Gasteiger partial charge is 0.495 e. The summed E-state index contributed by atoms with van der Waals surface area (Å²) in [5.41, 5.74) is 5.50. The fraction of sp³-hybridized carbons (Fsp3) is 0.0870. The van der Waals surface area contributed by atoms with Gasteiger partial charge in [0.1, 0.15) is 11.3 Å². The summed E-state index contributed by atoms with van der Waals surface area (Å²) < 4.78 is 6.95. The summed E-state index contributed by atoms with van der Waals surface area (Å²) >= 11 is 6.33. The van der Waals surface area contributed by atoms with Crippen LogP contribution in [0.3, 0.4) is 0 Å². The number of hydrogen-bond acceptors (Lipinski definition) is 7. The number of aromatic nitrogens is 6. The number of methoxy groups -OCH3 is 1. The number of nitrogens with one attached hydrogen (secondary N) is 1. The van der Waals surface area contributed by atoms with Crippen LogP contribution in [-0.4, -0.2) is 36.9 Å². The van der Waals surface area contributed by atoms with Crippen molar-refractivity contribution in [2.45, 2.75) is 6.54 Å². The van der Waals surface area contributed by atoms with Gasteiger partial charge in [-0.05, 0) is 43.2 Å². The van der Waals surface area contributed by atoms with Gasteiger partial charge in [0.15, 0.2) is 11.5 Å². The molecule has 0 spiro atoms. The minimum Gasteiger partial charge on any atom is -0.495 e. The van der Waals surface area contributed by atoms with Crippen molar-refractivity contribution in [1.29, 1.82) is 0 Å². The van der Waals surface area contributed by atoms with Gasteiger partial charge in [0.05, 0.1) is 36.7 Å². The number of anilines is 1. The Morgan fingerprint density at radius 3 is 2.84 bits per heavy atom. The maximum Gasteiger partial charge on any atom is 0.178 e. The van der Waals surface area contributed by atoms with Gasteiger partial charge in [0, 0.05) is 22.8 Å². The molecule has 32 heavy (non-hydrogen) atoms. The Bertz CT molecular complexity index is 1430. The minimum atomic E-state index is 0.403.